The summed E-state index contributed by atoms with van der Waals surface area (Å²) in [5.74, 6) is 0. The van der Waals surface area contributed by atoms with Crippen LogP contribution in [-0.4, -0.2) is 14.7 Å². The van der Waals surface area contributed by atoms with Crippen molar-refractivity contribution in [2.45, 2.75) is 0 Å². The van der Waals surface area contributed by atoms with E-state index in [2.05, 4.69) is 5.10 Å². The third-order valence-corrected chi connectivity index (χ3v) is 3.47. The molecule has 0 unspecified atom stereocenters. The molecule has 0 atom stereocenters. The number of hydrogen-bond donors (Lipinski definition) is 1. The smallest absolute Gasteiger partial charge is 0.267 e. The minimum atomic E-state index is -0.513. The van der Waals surface area contributed by atoms with E-state index in [0.29, 0.717) is 10.9 Å². The van der Waals surface area contributed by atoms with Gasteiger partial charge >= 0.3 is 0 Å². The predicted octanol–water partition coefficient (Wildman–Crippen LogP) is 2.29. The lowest BCUT2D eigenvalue weighted by molar-refractivity contribution is -0.384. The van der Waals surface area contributed by atoms with E-state index in [1.807, 2.05) is 17.5 Å². The van der Waals surface area contributed by atoms with Crippen molar-refractivity contribution in [3.63, 3.8) is 0 Å². The Kier molecular flexibility index (Phi) is 2.27. The summed E-state index contributed by atoms with van der Waals surface area (Å²) in [4.78, 5) is 21.9. The van der Waals surface area contributed by atoms with E-state index in [1.54, 1.807) is 10.7 Å². The van der Waals surface area contributed by atoms with Gasteiger partial charge in [0.05, 0.1) is 15.8 Å². The lowest BCUT2D eigenvalue weighted by Crippen LogP contribution is -2.02. The van der Waals surface area contributed by atoms with Crippen molar-refractivity contribution in [3.8, 4) is 5.00 Å². The van der Waals surface area contributed by atoms with Crippen LogP contribution in [0.2, 0.25) is 0 Å². The molecule has 0 radical (unpaired) electrons. The van der Waals surface area contributed by atoms with E-state index in [1.165, 1.54) is 23.5 Å². The Labute approximate surface area is 104 Å². The van der Waals surface area contributed by atoms with Crippen LogP contribution in [0.15, 0.2) is 40.5 Å². The zero-order valence-electron chi connectivity index (χ0n) is 8.99. The number of nitro benzene ring substituents is 1. The van der Waals surface area contributed by atoms with E-state index >= 15 is 0 Å². The quantitative estimate of drug-likeness (QED) is 0.567. The molecule has 0 aliphatic heterocycles. The molecule has 7 heteroatoms. The number of non-ortho nitro benzene ring substituents is 1. The van der Waals surface area contributed by atoms with Crippen LogP contribution in [-0.2, 0) is 0 Å². The minimum absolute atomic E-state index is 0.0862. The van der Waals surface area contributed by atoms with E-state index in [4.69, 9.17) is 0 Å². The Morgan fingerprint density at radius 3 is 2.83 bits per heavy atom. The molecule has 0 spiro atoms. The van der Waals surface area contributed by atoms with Crippen LogP contribution in [0.4, 0.5) is 5.69 Å². The Morgan fingerprint density at radius 1 is 1.33 bits per heavy atom. The molecule has 6 nitrogen and oxygen atoms in total. The van der Waals surface area contributed by atoms with Gasteiger partial charge in [-0.15, -0.1) is 11.3 Å². The Balaban J connectivity index is 2.32. The summed E-state index contributed by atoms with van der Waals surface area (Å²) in [5.41, 5.74) is 0.215. The molecule has 0 aliphatic carbocycles. The van der Waals surface area contributed by atoms with Crippen molar-refractivity contribution in [1.82, 2.24) is 9.78 Å². The van der Waals surface area contributed by atoms with Crippen molar-refractivity contribution < 1.29 is 4.92 Å². The van der Waals surface area contributed by atoms with Crippen LogP contribution in [0.3, 0.4) is 0 Å². The zero-order valence-corrected chi connectivity index (χ0v) is 9.81. The summed E-state index contributed by atoms with van der Waals surface area (Å²) < 4.78 is 1.63. The molecule has 0 aliphatic rings. The number of hydrogen-bond acceptors (Lipinski definition) is 4. The van der Waals surface area contributed by atoms with E-state index in [-0.39, 0.29) is 11.2 Å². The number of nitrogens with one attached hydrogen (secondary N) is 1. The van der Waals surface area contributed by atoms with Crippen LogP contribution in [0, 0.1) is 10.1 Å². The van der Waals surface area contributed by atoms with Gasteiger partial charge < -0.3 is 0 Å². The molecule has 2 heterocycles. The molecule has 3 aromatic rings. The number of nitrogens with zero attached hydrogens (tertiary/aromatic N) is 2. The van der Waals surface area contributed by atoms with Gasteiger partial charge in [0.15, 0.2) is 0 Å². The standard InChI is InChI=1S/C11H7N3O3S/c15-11-8-6-7(14(16)17)3-4-9(8)13(12-11)10-2-1-5-18-10/h1-6H,(H,12,15). The number of rotatable bonds is 2. The van der Waals surface area contributed by atoms with Gasteiger partial charge in [0, 0.05) is 12.1 Å². The largest absolute Gasteiger partial charge is 0.272 e. The molecule has 1 N–H and O–H groups in total. The fraction of sp³-hybridized carbons (Fsp3) is 0. The van der Waals surface area contributed by atoms with Crippen LogP contribution in [0.5, 0.6) is 0 Å². The molecule has 1 aromatic carbocycles. The summed E-state index contributed by atoms with van der Waals surface area (Å²) in [5, 5.41) is 16.4. The third-order valence-electron chi connectivity index (χ3n) is 2.62. The SMILES string of the molecule is O=c1[nH]n(-c2cccs2)c2ccc([N+](=O)[O-])cc12. The number of benzene rings is 1. The summed E-state index contributed by atoms with van der Waals surface area (Å²) in [6.07, 6.45) is 0. The topological polar surface area (TPSA) is 80.9 Å². The van der Waals surface area contributed by atoms with Crippen molar-refractivity contribution >= 4 is 27.9 Å². The lowest BCUT2D eigenvalue weighted by Gasteiger charge is -1.99. The van der Waals surface area contributed by atoms with E-state index < -0.39 is 4.92 Å². The van der Waals surface area contributed by atoms with E-state index in [0.717, 1.165) is 5.00 Å². The highest BCUT2D eigenvalue weighted by atomic mass is 32.1. The predicted molar refractivity (Wildman–Crippen MR) is 68.4 cm³/mol. The van der Waals surface area contributed by atoms with Gasteiger partial charge in [-0.3, -0.25) is 20.0 Å². The maximum absolute atomic E-state index is 11.8. The van der Waals surface area contributed by atoms with Gasteiger partial charge in [0.25, 0.3) is 11.2 Å². The summed E-state index contributed by atoms with van der Waals surface area (Å²) in [6, 6.07) is 7.99. The lowest BCUT2D eigenvalue weighted by atomic mass is 10.2. The average molecular weight is 261 g/mol. The second-order valence-corrected chi connectivity index (χ2v) is 4.61. The van der Waals surface area contributed by atoms with Crippen LogP contribution in [0.1, 0.15) is 0 Å². The molecular formula is C11H7N3O3S. The highest BCUT2D eigenvalue weighted by Gasteiger charge is 2.13. The number of nitro groups is 1. The molecule has 0 amide bonds. The van der Waals surface area contributed by atoms with Gasteiger partial charge in [0.2, 0.25) is 0 Å². The van der Waals surface area contributed by atoms with Gasteiger partial charge in [0.1, 0.15) is 5.00 Å². The molecule has 3 rings (SSSR count). The second kappa shape index (κ2) is 3.81. The number of aromatic amines is 1. The highest BCUT2D eigenvalue weighted by molar-refractivity contribution is 7.12. The molecule has 2 aromatic heterocycles. The number of H-pyrrole nitrogens is 1. The Hall–Kier alpha value is -2.41. The molecule has 0 bridgehead atoms. The first-order valence-corrected chi connectivity index (χ1v) is 5.98. The van der Waals surface area contributed by atoms with Crippen molar-refractivity contribution in [1.29, 1.82) is 0 Å². The Bertz CT molecular complexity index is 786. The van der Waals surface area contributed by atoms with Gasteiger partial charge in [-0.2, -0.15) is 0 Å². The normalized spacial score (nSPS) is 10.9. The van der Waals surface area contributed by atoms with Crippen LogP contribution >= 0.6 is 11.3 Å². The zero-order chi connectivity index (χ0) is 12.7. The van der Waals surface area contributed by atoms with Gasteiger partial charge in [-0.05, 0) is 23.6 Å². The van der Waals surface area contributed by atoms with Crippen molar-refractivity contribution in [2.24, 2.45) is 0 Å². The fourth-order valence-electron chi connectivity index (χ4n) is 1.81. The first kappa shape index (κ1) is 10.7. The van der Waals surface area contributed by atoms with Crippen molar-refractivity contribution in [2.75, 3.05) is 0 Å². The maximum atomic E-state index is 11.8. The average Bonchev–Trinajstić information content (AvgIpc) is 2.97. The number of thiophene rings is 1. The molecule has 0 saturated heterocycles. The molecule has 18 heavy (non-hydrogen) atoms. The summed E-state index contributed by atoms with van der Waals surface area (Å²) in [6.45, 7) is 0. The van der Waals surface area contributed by atoms with Crippen LogP contribution in [0.25, 0.3) is 15.9 Å². The van der Waals surface area contributed by atoms with E-state index in [9.17, 15) is 14.9 Å². The highest BCUT2D eigenvalue weighted by Crippen LogP contribution is 2.22. The molecule has 90 valence electrons. The first-order valence-electron chi connectivity index (χ1n) is 5.10. The van der Waals surface area contributed by atoms with Gasteiger partial charge in [-0.1, -0.05) is 0 Å². The Morgan fingerprint density at radius 2 is 2.17 bits per heavy atom. The second-order valence-electron chi connectivity index (χ2n) is 3.69. The summed E-state index contributed by atoms with van der Waals surface area (Å²) in [7, 11) is 0. The molecular weight excluding hydrogens is 254 g/mol. The third kappa shape index (κ3) is 1.52. The molecule has 0 fully saturated rings. The molecule has 0 saturated carbocycles. The van der Waals surface area contributed by atoms with Crippen LogP contribution < -0.4 is 5.56 Å². The van der Waals surface area contributed by atoms with Gasteiger partial charge in [-0.25, -0.2) is 4.68 Å². The fourth-order valence-corrected chi connectivity index (χ4v) is 2.51. The first-order chi connectivity index (χ1) is 8.66. The van der Waals surface area contributed by atoms with Crippen molar-refractivity contribution in [3.05, 3.63) is 56.2 Å². The summed E-state index contributed by atoms with van der Waals surface area (Å²) >= 11 is 1.47. The minimum Gasteiger partial charge on any atom is -0.267 e. The monoisotopic (exact) mass is 261 g/mol. The maximum Gasteiger partial charge on any atom is 0.272 e. The number of aromatic nitrogens is 2. The number of fused-ring (bicyclic) bond motifs is 1.